The zero-order valence-electron chi connectivity index (χ0n) is 15.9. The SMILES string of the molecule is O=C(/C=C/c1ccc(C2CCCN2CCc2nnn(C3CCC3)n2)cc1)NO. The fourth-order valence-corrected chi connectivity index (χ4v) is 3.88. The Labute approximate surface area is 164 Å². The fourth-order valence-electron chi connectivity index (χ4n) is 3.88. The van der Waals surface area contributed by atoms with Gasteiger partial charge in [-0.15, -0.1) is 10.2 Å². The highest BCUT2D eigenvalue weighted by Crippen LogP contribution is 2.32. The summed E-state index contributed by atoms with van der Waals surface area (Å²) in [6, 6.07) is 9.09. The van der Waals surface area contributed by atoms with Crippen LogP contribution in [0.25, 0.3) is 6.08 Å². The number of aromatic nitrogens is 4. The molecule has 1 saturated carbocycles. The van der Waals surface area contributed by atoms with E-state index in [1.54, 1.807) is 16.4 Å². The largest absolute Gasteiger partial charge is 0.296 e. The Bertz CT molecular complexity index is 827. The van der Waals surface area contributed by atoms with Gasteiger partial charge in [-0.3, -0.25) is 14.9 Å². The predicted molar refractivity (Wildman–Crippen MR) is 103 cm³/mol. The summed E-state index contributed by atoms with van der Waals surface area (Å²) < 4.78 is 0. The van der Waals surface area contributed by atoms with E-state index in [0.717, 1.165) is 37.3 Å². The van der Waals surface area contributed by atoms with Crippen LogP contribution in [0.3, 0.4) is 0 Å². The summed E-state index contributed by atoms with van der Waals surface area (Å²) in [4.78, 5) is 15.4. The van der Waals surface area contributed by atoms with E-state index in [1.807, 2.05) is 12.1 Å². The first-order chi connectivity index (χ1) is 13.7. The maximum Gasteiger partial charge on any atom is 0.267 e. The van der Waals surface area contributed by atoms with Crippen molar-refractivity contribution in [1.82, 2.24) is 30.6 Å². The molecular weight excluding hydrogens is 356 g/mol. The third-order valence-corrected chi connectivity index (χ3v) is 5.72. The van der Waals surface area contributed by atoms with Gasteiger partial charge >= 0.3 is 0 Å². The Balaban J connectivity index is 1.34. The number of nitrogens with one attached hydrogen (secondary N) is 1. The van der Waals surface area contributed by atoms with Crippen LogP contribution in [0.4, 0.5) is 0 Å². The van der Waals surface area contributed by atoms with Gasteiger partial charge in [0.05, 0.1) is 6.04 Å². The third-order valence-electron chi connectivity index (χ3n) is 5.72. The van der Waals surface area contributed by atoms with Crippen molar-refractivity contribution < 1.29 is 10.0 Å². The molecule has 1 saturated heterocycles. The number of benzene rings is 1. The fraction of sp³-hybridized carbons (Fsp3) is 0.500. The van der Waals surface area contributed by atoms with Crippen molar-refractivity contribution in [2.45, 2.75) is 50.6 Å². The highest BCUT2D eigenvalue weighted by molar-refractivity contribution is 5.90. The number of hydrogen-bond donors (Lipinski definition) is 2. The number of amides is 1. The zero-order valence-corrected chi connectivity index (χ0v) is 15.9. The van der Waals surface area contributed by atoms with Gasteiger partial charge < -0.3 is 0 Å². The normalized spacial score (nSPS) is 20.5. The van der Waals surface area contributed by atoms with Crippen molar-refractivity contribution in [3.8, 4) is 0 Å². The first-order valence-electron chi connectivity index (χ1n) is 9.97. The van der Waals surface area contributed by atoms with Crippen LogP contribution in [0, 0.1) is 0 Å². The van der Waals surface area contributed by atoms with E-state index in [4.69, 9.17) is 5.21 Å². The molecule has 28 heavy (non-hydrogen) atoms. The molecule has 2 aliphatic rings. The lowest BCUT2D eigenvalue weighted by Gasteiger charge is -2.24. The summed E-state index contributed by atoms with van der Waals surface area (Å²) >= 11 is 0. The van der Waals surface area contributed by atoms with Crippen LogP contribution in [0.15, 0.2) is 30.3 Å². The number of hydrogen-bond acceptors (Lipinski definition) is 6. The van der Waals surface area contributed by atoms with Crippen molar-refractivity contribution in [2.24, 2.45) is 0 Å². The average Bonchev–Trinajstić information content (AvgIpc) is 3.33. The van der Waals surface area contributed by atoms with Gasteiger partial charge in [0.15, 0.2) is 5.82 Å². The Hall–Kier alpha value is -2.58. The standard InChI is InChI=1S/C20H26N6O2/c27-20(23-28)11-8-15-6-9-16(10-7-15)18-5-2-13-25(18)14-12-19-21-24-26(22-19)17-3-1-4-17/h6-11,17-18,28H,1-5,12-14H2,(H,23,27)/b11-8+. The molecule has 1 unspecified atom stereocenters. The minimum absolute atomic E-state index is 0.403. The number of carbonyl (C=O) groups excluding carboxylic acids is 1. The van der Waals surface area contributed by atoms with E-state index in [0.29, 0.717) is 12.1 Å². The Morgan fingerprint density at radius 3 is 2.75 bits per heavy atom. The molecule has 1 aromatic carbocycles. The molecule has 2 fully saturated rings. The molecular formula is C20H26N6O2. The number of likely N-dealkylation sites (tertiary alicyclic amines) is 1. The van der Waals surface area contributed by atoms with Gasteiger partial charge in [0.25, 0.3) is 5.91 Å². The first kappa shape index (κ1) is 18.8. The molecule has 1 aliphatic carbocycles. The molecule has 0 spiro atoms. The summed E-state index contributed by atoms with van der Waals surface area (Å²) in [5, 5.41) is 21.5. The van der Waals surface area contributed by atoms with E-state index in [-0.39, 0.29) is 0 Å². The van der Waals surface area contributed by atoms with E-state index in [9.17, 15) is 4.79 Å². The summed E-state index contributed by atoms with van der Waals surface area (Å²) in [5.41, 5.74) is 3.80. The highest BCUT2D eigenvalue weighted by Gasteiger charge is 2.26. The van der Waals surface area contributed by atoms with Gasteiger partial charge in [0, 0.05) is 25.1 Å². The second kappa shape index (κ2) is 8.62. The number of hydroxylamine groups is 1. The smallest absolute Gasteiger partial charge is 0.267 e. The van der Waals surface area contributed by atoms with Crippen LogP contribution < -0.4 is 5.48 Å². The number of rotatable bonds is 7. The third kappa shape index (κ3) is 4.28. The summed E-state index contributed by atoms with van der Waals surface area (Å²) in [6.07, 6.45) is 9.73. The predicted octanol–water partition coefficient (Wildman–Crippen LogP) is 2.30. The van der Waals surface area contributed by atoms with Crippen molar-refractivity contribution in [1.29, 1.82) is 0 Å². The summed E-state index contributed by atoms with van der Waals surface area (Å²) in [5.74, 6) is 0.300. The van der Waals surface area contributed by atoms with Crippen molar-refractivity contribution in [3.63, 3.8) is 0 Å². The number of tetrazole rings is 1. The van der Waals surface area contributed by atoms with Gasteiger partial charge in [-0.05, 0) is 61.1 Å². The quantitative estimate of drug-likeness (QED) is 0.433. The zero-order chi connectivity index (χ0) is 19.3. The molecule has 148 valence electrons. The van der Waals surface area contributed by atoms with E-state index in [2.05, 4.69) is 32.4 Å². The van der Waals surface area contributed by atoms with Crippen molar-refractivity contribution >= 4 is 12.0 Å². The molecule has 1 aromatic heterocycles. The highest BCUT2D eigenvalue weighted by atomic mass is 16.5. The molecule has 1 aliphatic heterocycles. The maximum atomic E-state index is 11.1. The molecule has 2 N–H and O–H groups in total. The van der Waals surface area contributed by atoms with Crippen molar-refractivity contribution in [3.05, 3.63) is 47.3 Å². The number of nitrogens with zero attached hydrogens (tertiary/aromatic N) is 5. The lowest BCUT2D eigenvalue weighted by Crippen LogP contribution is -2.26. The van der Waals surface area contributed by atoms with E-state index in [1.165, 1.54) is 37.3 Å². The second-order valence-corrected chi connectivity index (χ2v) is 7.53. The molecule has 4 rings (SSSR count). The van der Waals surface area contributed by atoms with Gasteiger partial charge in [-0.25, -0.2) is 5.48 Å². The van der Waals surface area contributed by atoms with Crippen LogP contribution in [-0.2, 0) is 11.2 Å². The van der Waals surface area contributed by atoms with Gasteiger partial charge in [0.1, 0.15) is 0 Å². The molecule has 2 heterocycles. The van der Waals surface area contributed by atoms with E-state index >= 15 is 0 Å². The lowest BCUT2D eigenvalue weighted by atomic mass is 9.94. The molecule has 8 heteroatoms. The van der Waals surface area contributed by atoms with Crippen LogP contribution in [0.1, 0.15) is 61.1 Å². The molecule has 0 radical (unpaired) electrons. The first-order valence-corrected chi connectivity index (χ1v) is 9.97. The lowest BCUT2D eigenvalue weighted by molar-refractivity contribution is -0.124. The van der Waals surface area contributed by atoms with Crippen LogP contribution >= 0.6 is 0 Å². The summed E-state index contributed by atoms with van der Waals surface area (Å²) in [7, 11) is 0. The van der Waals surface area contributed by atoms with Gasteiger partial charge in [-0.2, -0.15) is 4.80 Å². The van der Waals surface area contributed by atoms with Gasteiger partial charge in [-0.1, -0.05) is 24.3 Å². The van der Waals surface area contributed by atoms with Gasteiger partial charge in [0.2, 0.25) is 0 Å². The Morgan fingerprint density at radius 2 is 2.04 bits per heavy atom. The second-order valence-electron chi connectivity index (χ2n) is 7.53. The maximum absolute atomic E-state index is 11.1. The van der Waals surface area contributed by atoms with Crippen LogP contribution in [0.5, 0.6) is 0 Å². The minimum Gasteiger partial charge on any atom is -0.296 e. The Kier molecular flexibility index (Phi) is 5.78. The average molecular weight is 382 g/mol. The molecule has 1 atom stereocenters. The van der Waals surface area contributed by atoms with Crippen LogP contribution in [-0.4, -0.2) is 49.3 Å². The summed E-state index contributed by atoms with van der Waals surface area (Å²) in [6.45, 7) is 2.01. The van der Waals surface area contributed by atoms with Crippen molar-refractivity contribution in [2.75, 3.05) is 13.1 Å². The monoisotopic (exact) mass is 382 g/mol. The van der Waals surface area contributed by atoms with E-state index < -0.39 is 5.91 Å². The topological polar surface area (TPSA) is 96.2 Å². The molecule has 8 nitrogen and oxygen atoms in total. The molecule has 1 amide bonds. The molecule has 2 aromatic rings. The number of carbonyl (C=O) groups is 1. The minimum atomic E-state index is -0.533. The molecule has 0 bridgehead atoms. The van der Waals surface area contributed by atoms with Crippen LogP contribution in [0.2, 0.25) is 0 Å². The Morgan fingerprint density at radius 1 is 1.21 bits per heavy atom.